The predicted molar refractivity (Wildman–Crippen MR) is 59.5 cm³/mol. The molecule has 0 N–H and O–H groups in total. The van der Waals surface area contributed by atoms with Gasteiger partial charge in [-0.3, -0.25) is 9.36 Å². The van der Waals surface area contributed by atoms with Crippen LogP contribution in [0.2, 0.25) is 10.3 Å². The van der Waals surface area contributed by atoms with Gasteiger partial charge in [0.1, 0.15) is 10.7 Å². The fourth-order valence-electron chi connectivity index (χ4n) is 1.32. The molecular formula is C9H7Cl2N3O. The summed E-state index contributed by atoms with van der Waals surface area (Å²) in [6.07, 6.45) is 1.45. The molecule has 15 heavy (non-hydrogen) atoms. The third-order valence-corrected chi connectivity index (χ3v) is 2.53. The first-order chi connectivity index (χ1) is 7.13. The molecule has 0 radical (unpaired) electrons. The molecule has 0 unspecified atom stereocenters. The summed E-state index contributed by atoms with van der Waals surface area (Å²) in [7, 11) is 0. The van der Waals surface area contributed by atoms with Gasteiger partial charge in [0.25, 0.3) is 5.56 Å². The van der Waals surface area contributed by atoms with Crippen molar-refractivity contribution in [3.05, 3.63) is 33.1 Å². The molecule has 2 rings (SSSR count). The van der Waals surface area contributed by atoms with E-state index in [1.54, 1.807) is 0 Å². The van der Waals surface area contributed by atoms with Crippen molar-refractivity contribution in [2.24, 2.45) is 0 Å². The Morgan fingerprint density at radius 1 is 1.47 bits per heavy atom. The van der Waals surface area contributed by atoms with Crippen molar-refractivity contribution in [1.29, 1.82) is 0 Å². The standard InChI is InChI=1S/C9H7Cl2N3O/c1-2-14-4-12-7-5(9(14)15)3-6(10)13-8(7)11/h3-4H,2H2,1H3. The highest BCUT2D eigenvalue weighted by Gasteiger charge is 2.08. The van der Waals surface area contributed by atoms with Crippen LogP contribution in [-0.2, 0) is 6.54 Å². The zero-order valence-electron chi connectivity index (χ0n) is 7.87. The first kappa shape index (κ1) is 10.4. The summed E-state index contributed by atoms with van der Waals surface area (Å²) in [5.41, 5.74) is 0.226. The molecule has 0 bridgehead atoms. The fourth-order valence-corrected chi connectivity index (χ4v) is 1.80. The number of hydrogen-bond acceptors (Lipinski definition) is 3. The Morgan fingerprint density at radius 2 is 2.20 bits per heavy atom. The van der Waals surface area contributed by atoms with E-state index in [-0.39, 0.29) is 15.9 Å². The van der Waals surface area contributed by atoms with Crippen LogP contribution in [0.3, 0.4) is 0 Å². The molecule has 2 aromatic rings. The van der Waals surface area contributed by atoms with Gasteiger partial charge in [0, 0.05) is 6.54 Å². The van der Waals surface area contributed by atoms with Crippen molar-refractivity contribution in [2.45, 2.75) is 13.5 Å². The summed E-state index contributed by atoms with van der Waals surface area (Å²) in [5, 5.41) is 0.738. The normalized spacial score (nSPS) is 10.9. The molecule has 2 heterocycles. The van der Waals surface area contributed by atoms with E-state index in [9.17, 15) is 4.79 Å². The lowest BCUT2D eigenvalue weighted by Crippen LogP contribution is -2.19. The minimum absolute atomic E-state index is 0.151. The van der Waals surface area contributed by atoms with Gasteiger partial charge < -0.3 is 0 Å². The molecule has 0 amide bonds. The summed E-state index contributed by atoms with van der Waals surface area (Å²) >= 11 is 11.5. The van der Waals surface area contributed by atoms with Crippen molar-refractivity contribution in [1.82, 2.24) is 14.5 Å². The van der Waals surface area contributed by atoms with Crippen LogP contribution in [0.15, 0.2) is 17.2 Å². The Labute approximate surface area is 95.5 Å². The first-order valence-electron chi connectivity index (χ1n) is 4.34. The molecule has 0 saturated heterocycles. The van der Waals surface area contributed by atoms with Gasteiger partial charge in [-0.15, -0.1) is 0 Å². The van der Waals surface area contributed by atoms with Gasteiger partial charge in [0.05, 0.1) is 11.7 Å². The molecule has 6 heteroatoms. The molecule has 0 aromatic carbocycles. The van der Waals surface area contributed by atoms with E-state index < -0.39 is 0 Å². The van der Waals surface area contributed by atoms with Crippen LogP contribution in [0.4, 0.5) is 0 Å². The van der Waals surface area contributed by atoms with Crippen LogP contribution >= 0.6 is 23.2 Å². The Kier molecular flexibility index (Phi) is 2.63. The number of nitrogens with zero attached hydrogens (tertiary/aromatic N) is 3. The van der Waals surface area contributed by atoms with E-state index >= 15 is 0 Å². The van der Waals surface area contributed by atoms with Crippen LogP contribution in [0, 0.1) is 0 Å². The number of pyridine rings is 1. The highest BCUT2D eigenvalue weighted by molar-refractivity contribution is 6.36. The lowest BCUT2D eigenvalue weighted by Gasteiger charge is -2.03. The fraction of sp³-hybridized carbons (Fsp3) is 0.222. The first-order valence-corrected chi connectivity index (χ1v) is 5.10. The number of hydrogen-bond donors (Lipinski definition) is 0. The van der Waals surface area contributed by atoms with E-state index in [0.717, 1.165) is 0 Å². The average Bonchev–Trinajstić information content (AvgIpc) is 2.19. The molecule has 78 valence electrons. The molecule has 0 atom stereocenters. The third kappa shape index (κ3) is 1.70. The van der Waals surface area contributed by atoms with Crippen LogP contribution in [0.5, 0.6) is 0 Å². The second kappa shape index (κ2) is 3.79. The van der Waals surface area contributed by atoms with E-state index in [1.807, 2.05) is 6.92 Å². The number of fused-ring (bicyclic) bond motifs is 1. The summed E-state index contributed by atoms with van der Waals surface area (Å²) in [5.74, 6) is 0. The maximum absolute atomic E-state index is 11.8. The zero-order valence-corrected chi connectivity index (χ0v) is 9.38. The second-order valence-electron chi connectivity index (χ2n) is 2.97. The monoisotopic (exact) mass is 243 g/mol. The van der Waals surface area contributed by atoms with Crippen LogP contribution in [0.1, 0.15) is 6.92 Å². The molecule has 4 nitrogen and oxygen atoms in total. The van der Waals surface area contributed by atoms with Gasteiger partial charge in [-0.05, 0) is 13.0 Å². The van der Waals surface area contributed by atoms with E-state index in [1.165, 1.54) is 17.0 Å². The Morgan fingerprint density at radius 3 is 2.87 bits per heavy atom. The molecule has 0 spiro atoms. The number of rotatable bonds is 1. The Balaban J connectivity index is 2.93. The SMILES string of the molecule is CCn1cnc2c(Cl)nc(Cl)cc2c1=O. The van der Waals surface area contributed by atoms with E-state index in [0.29, 0.717) is 17.4 Å². The van der Waals surface area contributed by atoms with Gasteiger partial charge in [-0.1, -0.05) is 23.2 Å². The van der Waals surface area contributed by atoms with Crippen LogP contribution in [0.25, 0.3) is 10.9 Å². The molecule has 0 aliphatic heterocycles. The third-order valence-electron chi connectivity index (χ3n) is 2.08. The topological polar surface area (TPSA) is 47.8 Å². The largest absolute Gasteiger partial charge is 0.299 e. The van der Waals surface area contributed by atoms with Gasteiger partial charge in [0.2, 0.25) is 0 Å². The van der Waals surface area contributed by atoms with Gasteiger partial charge in [0.15, 0.2) is 5.15 Å². The maximum Gasteiger partial charge on any atom is 0.261 e. The van der Waals surface area contributed by atoms with Gasteiger partial charge >= 0.3 is 0 Å². The van der Waals surface area contributed by atoms with Crippen LogP contribution < -0.4 is 5.56 Å². The molecule has 0 aliphatic rings. The average molecular weight is 244 g/mol. The van der Waals surface area contributed by atoms with Gasteiger partial charge in [-0.25, -0.2) is 9.97 Å². The summed E-state index contributed by atoms with van der Waals surface area (Å²) < 4.78 is 1.48. The highest BCUT2D eigenvalue weighted by Crippen LogP contribution is 2.19. The van der Waals surface area contributed by atoms with Crippen molar-refractivity contribution < 1.29 is 0 Å². The highest BCUT2D eigenvalue weighted by atomic mass is 35.5. The number of halogens is 2. The molecule has 2 aromatic heterocycles. The summed E-state index contributed by atoms with van der Waals surface area (Å²) in [4.78, 5) is 19.7. The lowest BCUT2D eigenvalue weighted by atomic mass is 10.3. The van der Waals surface area contributed by atoms with Gasteiger partial charge in [-0.2, -0.15) is 0 Å². The number of aryl methyl sites for hydroxylation is 1. The molecular weight excluding hydrogens is 237 g/mol. The van der Waals surface area contributed by atoms with Crippen molar-refractivity contribution in [2.75, 3.05) is 0 Å². The molecule has 0 saturated carbocycles. The lowest BCUT2D eigenvalue weighted by molar-refractivity contribution is 0.717. The summed E-state index contributed by atoms with van der Waals surface area (Å²) in [6, 6.07) is 1.48. The summed E-state index contributed by atoms with van der Waals surface area (Å²) in [6.45, 7) is 2.42. The van der Waals surface area contributed by atoms with Crippen molar-refractivity contribution in [3.63, 3.8) is 0 Å². The number of aromatic nitrogens is 3. The van der Waals surface area contributed by atoms with Crippen molar-refractivity contribution in [3.8, 4) is 0 Å². The second-order valence-corrected chi connectivity index (χ2v) is 3.71. The molecule has 0 aliphatic carbocycles. The Bertz CT molecular complexity index is 579. The smallest absolute Gasteiger partial charge is 0.261 e. The minimum atomic E-state index is -0.159. The van der Waals surface area contributed by atoms with E-state index in [4.69, 9.17) is 23.2 Å². The van der Waals surface area contributed by atoms with Crippen molar-refractivity contribution >= 4 is 34.1 Å². The Hall–Kier alpha value is -1.13. The molecule has 0 fully saturated rings. The van der Waals surface area contributed by atoms with Crippen LogP contribution in [-0.4, -0.2) is 14.5 Å². The van der Waals surface area contributed by atoms with E-state index in [2.05, 4.69) is 9.97 Å². The predicted octanol–water partition coefficient (Wildman–Crippen LogP) is 2.12. The quantitative estimate of drug-likeness (QED) is 0.722. The zero-order chi connectivity index (χ0) is 11.0. The minimum Gasteiger partial charge on any atom is -0.299 e. The maximum atomic E-state index is 11.8.